The number of alkyl carbamates (subject to hydrolysis) is 1. The zero-order valence-electron chi connectivity index (χ0n) is 22.3. The molecule has 2 amide bonds. The summed E-state index contributed by atoms with van der Waals surface area (Å²) in [5, 5.41) is 13.7. The van der Waals surface area contributed by atoms with Crippen molar-refractivity contribution < 1.29 is 37.8 Å². The molecule has 2 N–H and O–H groups in total. The van der Waals surface area contributed by atoms with Crippen molar-refractivity contribution in [2.75, 3.05) is 25.9 Å². The lowest BCUT2D eigenvalue weighted by Crippen LogP contribution is -2.36. The van der Waals surface area contributed by atoms with Crippen molar-refractivity contribution in [1.82, 2.24) is 10.2 Å². The van der Waals surface area contributed by atoms with Crippen LogP contribution >= 0.6 is 7.60 Å². The minimum Gasteiger partial charge on any atom is -0.509 e. The van der Waals surface area contributed by atoms with Gasteiger partial charge >= 0.3 is 13.7 Å². The van der Waals surface area contributed by atoms with Crippen molar-refractivity contribution in [2.24, 2.45) is 0 Å². The molecule has 0 spiro atoms. The fourth-order valence-corrected chi connectivity index (χ4v) is 5.52. The molecule has 11 heteroatoms. The quantitative estimate of drug-likeness (QED) is 0.197. The molecule has 2 rings (SSSR count). The Hall–Kier alpha value is -2.68. The molecule has 0 saturated carbocycles. The van der Waals surface area contributed by atoms with Gasteiger partial charge in [0, 0.05) is 13.1 Å². The van der Waals surface area contributed by atoms with Gasteiger partial charge in [-0.1, -0.05) is 30.3 Å². The van der Waals surface area contributed by atoms with Gasteiger partial charge in [0.15, 0.2) is 5.78 Å². The van der Waals surface area contributed by atoms with Gasteiger partial charge in [0.1, 0.15) is 23.1 Å². The van der Waals surface area contributed by atoms with Crippen molar-refractivity contribution in [3.8, 4) is 0 Å². The molecule has 0 saturated heterocycles. The molecule has 10 nitrogen and oxygen atoms in total. The van der Waals surface area contributed by atoms with E-state index in [-0.39, 0.29) is 31.1 Å². The minimum absolute atomic E-state index is 0.0730. The molecule has 0 bridgehead atoms. The second-order valence-corrected chi connectivity index (χ2v) is 11.7. The van der Waals surface area contributed by atoms with Gasteiger partial charge in [0.05, 0.1) is 19.3 Å². The summed E-state index contributed by atoms with van der Waals surface area (Å²) in [5.41, 5.74) is -0.143. The van der Waals surface area contributed by atoms with Gasteiger partial charge in [0.2, 0.25) is 0 Å². The number of rotatable bonds is 14. The minimum atomic E-state index is -3.76. The average molecular weight is 539 g/mol. The average Bonchev–Trinajstić information content (AvgIpc) is 3.02. The molecule has 1 aromatic rings. The van der Waals surface area contributed by atoms with E-state index < -0.39 is 43.2 Å². The van der Waals surface area contributed by atoms with Gasteiger partial charge in [-0.25, -0.2) is 4.79 Å². The third-order valence-electron chi connectivity index (χ3n) is 5.46. The second kappa shape index (κ2) is 13.7. The first-order chi connectivity index (χ1) is 17.4. The number of aliphatic hydroxyl groups is 1. The van der Waals surface area contributed by atoms with E-state index in [2.05, 4.69) is 5.32 Å². The van der Waals surface area contributed by atoms with Crippen molar-refractivity contribution >= 4 is 25.4 Å². The van der Waals surface area contributed by atoms with E-state index in [9.17, 15) is 24.1 Å². The van der Waals surface area contributed by atoms with Crippen LogP contribution in [0.4, 0.5) is 4.79 Å². The molecule has 0 aromatic heterocycles. The molecule has 0 fully saturated rings. The molecule has 0 aliphatic carbocycles. The smallest absolute Gasteiger partial charge is 0.407 e. The van der Waals surface area contributed by atoms with Gasteiger partial charge < -0.3 is 29.1 Å². The van der Waals surface area contributed by atoms with Gasteiger partial charge in [0.25, 0.3) is 5.91 Å². The molecule has 1 heterocycles. The lowest BCUT2D eigenvalue weighted by atomic mass is 10.1. The van der Waals surface area contributed by atoms with E-state index >= 15 is 0 Å². The normalized spacial score (nSPS) is 16.3. The number of amides is 2. The fraction of sp³-hybridized carbons (Fsp3) is 0.577. The standard InChI is InChI=1S/C26H39N2O8P/c1-6-34-37(33,35-7-2)18-21(29)22-23(30)20(15-11-12-16-27-25(32)36-26(3,4)5)28(24(22)31)17-19-13-9-8-10-14-19/h8-10,13-14,20,30H,6-7,11-12,15-18H2,1-5H3,(H,27,32). The van der Waals surface area contributed by atoms with Crippen LogP contribution in [0.15, 0.2) is 41.7 Å². The molecule has 1 unspecified atom stereocenters. The Labute approximate surface area is 218 Å². The Morgan fingerprint density at radius 2 is 1.70 bits per heavy atom. The maximum atomic E-state index is 13.3. The molecule has 37 heavy (non-hydrogen) atoms. The third-order valence-corrected chi connectivity index (χ3v) is 7.44. The number of nitrogens with zero attached hydrogens (tertiary/aromatic N) is 1. The number of aliphatic hydroxyl groups excluding tert-OH is 1. The zero-order chi connectivity index (χ0) is 27.6. The number of carbonyl (C=O) groups excluding carboxylic acids is 3. The Kier molecular flexibility index (Phi) is 11.3. The highest BCUT2D eigenvalue weighted by molar-refractivity contribution is 7.55. The first-order valence-electron chi connectivity index (χ1n) is 12.6. The summed E-state index contributed by atoms with van der Waals surface area (Å²) in [5.74, 6) is -1.74. The van der Waals surface area contributed by atoms with Gasteiger partial charge in [-0.05, 0) is 59.4 Å². The van der Waals surface area contributed by atoms with Crippen LogP contribution < -0.4 is 5.32 Å². The Balaban J connectivity index is 2.14. The van der Waals surface area contributed by atoms with Crippen molar-refractivity contribution in [2.45, 2.75) is 72.1 Å². The lowest BCUT2D eigenvalue weighted by molar-refractivity contribution is -0.129. The summed E-state index contributed by atoms with van der Waals surface area (Å²) in [6, 6.07) is 8.51. The predicted molar refractivity (Wildman–Crippen MR) is 139 cm³/mol. The highest BCUT2D eigenvalue weighted by atomic mass is 31.2. The first kappa shape index (κ1) is 30.5. The molecular weight excluding hydrogens is 499 g/mol. The highest BCUT2D eigenvalue weighted by Gasteiger charge is 2.44. The summed E-state index contributed by atoms with van der Waals surface area (Å²) in [7, 11) is -3.76. The Morgan fingerprint density at radius 3 is 2.27 bits per heavy atom. The summed E-state index contributed by atoms with van der Waals surface area (Å²) in [4.78, 5) is 39.7. The van der Waals surface area contributed by atoms with Crippen LogP contribution in [0.25, 0.3) is 0 Å². The second-order valence-electron chi connectivity index (χ2n) is 9.65. The maximum absolute atomic E-state index is 13.3. The van der Waals surface area contributed by atoms with Crippen LogP contribution in [0.2, 0.25) is 0 Å². The summed E-state index contributed by atoms with van der Waals surface area (Å²) in [6.07, 6.45) is 0.347. The molecule has 1 atom stereocenters. The van der Waals surface area contributed by atoms with E-state index in [1.165, 1.54) is 4.90 Å². The number of Topliss-reactive ketones (excluding diaryl/α,β-unsaturated/α-hetero) is 1. The predicted octanol–water partition coefficient (Wildman–Crippen LogP) is 4.74. The number of hydrogen-bond donors (Lipinski definition) is 2. The molecule has 206 valence electrons. The van der Waals surface area contributed by atoms with Crippen LogP contribution in [-0.4, -0.2) is 65.4 Å². The van der Waals surface area contributed by atoms with Crippen LogP contribution in [0.1, 0.15) is 59.4 Å². The monoisotopic (exact) mass is 538 g/mol. The van der Waals surface area contributed by atoms with Crippen LogP contribution in [0.5, 0.6) is 0 Å². The van der Waals surface area contributed by atoms with Gasteiger partial charge in [-0.2, -0.15) is 0 Å². The highest BCUT2D eigenvalue weighted by Crippen LogP contribution is 2.48. The maximum Gasteiger partial charge on any atom is 0.407 e. The van der Waals surface area contributed by atoms with E-state index in [1.54, 1.807) is 34.6 Å². The lowest BCUT2D eigenvalue weighted by Gasteiger charge is -2.25. The fourth-order valence-electron chi connectivity index (χ4n) is 3.97. The van der Waals surface area contributed by atoms with Crippen molar-refractivity contribution in [3.05, 3.63) is 47.2 Å². The summed E-state index contributed by atoms with van der Waals surface area (Å²) < 4.78 is 28.5. The van der Waals surface area contributed by atoms with Crippen LogP contribution in [-0.2, 0) is 34.5 Å². The number of ketones is 1. The largest absolute Gasteiger partial charge is 0.509 e. The number of hydrogen-bond acceptors (Lipinski definition) is 8. The molecular formula is C26H39N2O8P. The number of nitrogens with one attached hydrogen (secondary N) is 1. The van der Waals surface area contributed by atoms with E-state index in [4.69, 9.17) is 13.8 Å². The summed E-state index contributed by atoms with van der Waals surface area (Å²) >= 11 is 0. The molecule has 0 radical (unpaired) electrons. The van der Waals surface area contributed by atoms with Gasteiger partial charge in [-0.15, -0.1) is 0 Å². The van der Waals surface area contributed by atoms with E-state index in [1.807, 2.05) is 30.3 Å². The Morgan fingerprint density at radius 1 is 1.08 bits per heavy atom. The summed E-state index contributed by atoms with van der Waals surface area (Å²) in [6.45, 7) is 9.29. The van der Waals surface area contributed by atoms with Crippen molar-refractivity contribution in [3.63, 3.8) is 0 Å². The molecule has 1 aromatic carbocycles. The van der Waals surface area contributed by atoms with Gasteiger partial charge in [-0.3, -0.25) is 14.2 Å². The third kappa shape index (κ3) is 9.29. The zero-order valence-corrected chi connectivity index (χ0v) is 23.2. The number of benzene rings is 1. The van der Waals surface area contributed by atoms with Crippen LogP contribution in [0.3, 0.4) is 0 Å². The van der Waals surface area contributed by atoms with Crippen LogP contribution in [0, 0.1) is 0 Å². The number of ether oxygens (including phenoxy) is 1. The Bertz CT molecular complexity index is 1010. The SMILES string of the molecule is CCOP(=O)(CC(=O)C1=C(O)C(CCCCNC(=O)OC(C)(C)C)N(Cc2ccccc2)C1=O)OCC. The number of unbranched alkanes of at least 4 members (excludes halogenated alkanes) is 1. The van der Waals surface area contributed by atoms with Crippen molar-refractivity contribution in [1.29, 1.82) is 0 Å². The first-order valence-corrected chi connectivity index (χ1v) is 14.3. The van der Waals surface area contributed by atoms with E-state index in [0.29, 0.717) is 25.8 Å². The molecule has 1 aliphatic heterocycles. The topological polar surface area (TPSA) is 131 Å². The van der Waals surface area contributed by atoms with E-state index in [0.717, 1.165) is 5.56 Å². The number of carbonyl (C=O) groups is 3. The molecule has 1 aliphatic rings.